The van der Waals surface area contributed by atoms with Crippen molar-refractivity contribution in [1.29, 1.82) is 0 Å². The number of aromatic amines is 1. The van der Waals surface area contributed by atoms with Crippen LogP contribution in [0, 0.1) is 6.92 Å². The highest BCUT2D eigenvalue weighted by Gasteiger charge is 2.08. The Hall–Kier alpha value is -1.39. The van der Waals surface area contributed by atoms with Crippen LogP contribution < -0.4 is 11.1 Å². The van der Waals surface area contributed by atoms with Crippen molar-refractivity contribution in [3.63, 3.8) is 0 Å². The molecule has 0 aliphatic heterocycles. The van der Waals surface area contributed by atoms with Crippen LogP contribution in [0.2, 0.25) is 10.0 Å². The van der Waals surface area contributed by atoms with E-state index >= 15 is 0 Å². The summed E-state index contributed by atoms with van der Waals surface area (Å²) in [5.41, 5.74) is 8.94. The summed E-state index contributed by atoms with van der Waals surface area (Å²) in [6, 6.07) is 3.33. The van der Waals surface area contributed by atoms with E-state index in [1.165, 1.54) is 0 Å². The molecule has 0 spiro atoms. The molecule has 90 valence electrons. The van der Waals surface area contributed by atoms with E-state index in [4.69, 9.17) is 28.9 Å². The first-order chi connectivity index (χ1) is 8.08. The number of nitrogens with one attached hydrogen (secondary N) is 2. The lowest BCUT2D eigenvalue weighted by Gasteiger charge is -2.10. The Balaban J connectivity index is 2.17. The zero-order valence-corrected chi connectivity index (χ0v) is 10.7. The lowest BCUT2D eigenvalue weighted by Crippen LogP contribution is -2.01. The second kappa shape index (κ2) is 4.85. The number of aromatic nitrogens is 2. The van der Waals surface area contributed by atoms with E-state index < -0.39 is 0 Å². The average Bonchev–Trinajstić information content (AvgIpc) is 2.62. The maximum Gasteiger partial charge on any atom is 0.0723 e. The van der Waals surface area contributed by atoms with Gasteiger partial charge in [-0.1, -0.05) is 23.2 Å². The molecule has 1 aromatic heterocycles. The molecule has 0 aliphatic rings. The van der Waals surface area contributed by atoms with Crippen LogP contribution in [0.15, 0.2) is 18.3 Å². The van der Waals surface area contributed by atoms with Crippen molar-refractivity contribution in [2.75, 3.05) is 11.1 Å². The van der Waals surface area contributed by atoms with E-state index in [1.807, 2.05) is 6.92 Å². The van der Waals surface area contributed by atoms with Gasteiger partial charge in [-0.2, -0.15) is 5.10 Å². The SMILES string of the molecule is Cc1[nH]ncc1CNc1c(Cl)cc(N)cc1Cl. The third-order valence-electron chi connectivity index (χ3n) is 2.45. The van der Waals surface area contributed by atoms with Gasteiger partial charge in [-0.05, 0) is 19.1 Å². The van der Waals surface area contributed by atoms with Crippen LogP contribution in [0.3, 0.4) is 0 Å². The number of hydrogen-bond donors (Lipinski definition) is 3. The molecule has 0 atom stereocenters. The zero-order chi connectivity index (χ0) is 12.4. The summed E-state index contributed by atoms with van der Waals surface area (Å²) in [5, 5.41) is 11.0. The first kappa shape index (κ1) is 12.1. The zero-order valence-electron chi connectivity index (χ0n) is 9.22. The largest absolute Gasteiger partial charge is 0.399 e. The molecule has 0 fully saturated rings. The van der Waals surface area contributed by atoms with Crippen molar-refractivity contribution in [3.05, 3.63) is 39.6 Å². The van der Waals surface area contributed by atoms with E-state index in [-0.39, 0.29) is 0 Å². The summed E-state index contributed by atoms with van der Waals surface area (Å²) >= 11 is 12.1. The molecule has 6 heteroatoms. The Morgan fingerprint density at radius 3 is 2.53 bits per heavy atom. The monoisotopic (exact) mass is 270 g/mol. The van der Waals surface area contributed by atoms with Gasteiger partial charge >= 0.3 is 0 Å². The van der Waals surface area contributed by atoms with Gasteiger partial charge in [0.1, 0.15) is 0 Å². The normalized spacial score (nSPS) is 10.5. The summed E-state index contributed by atoms with van der Waals surface area (Å²) in [4.78, 5) is 0. The summed E-state index contributed by atoms with van der Waals surface area (Å²) in [7, 11) is 0. The highest BCUT2D eigenvalue weighted by atomic mass is 35.5. The number of hydrogen-bond acceptors (Lipinski definition) is 3. The number of nitrogens with zero attached hydrogens (tertiary/aromatic N) is 1. The van der Waals surface area contributed by atoms with E-state index in [0.717, 1.165) is 11.3 Å². The molecule has 2 aromatic rings. The molecule has 1 aromatic carbocycles. The maximum absolute atomic E-state index is 6.06. The van der Waals surface area contributed by atoms with E-state index in [9.17, 15) is 0 Å². The fraction of sp³-hybridized carbons (Fsp3) is 0.182. The Morgan fingerprint density at radius 1 is 1.35 bits per heavy atom. The number of benzene rings is 1. The molecule has 0 unspecified atom stereocenters. The number of rotatable bonds is 3. The van der Waals surface area contributed by atoms with Crippen molar-refractivity contribution in [2.45, 2.75) is 13.5 Å². The van der Waals surface area contributed by atoms with Gasteiger partial charge in [0.15, 0.2) is 0 Å². The van der Waals surface area contributed by atoms with Gasteiger partial charge in [0, 0.05) is 23.5 Å². The van der Waals surface area contributed by atoms with Gasteiger partial charge in [-0.25, -0.2) is 0 Å². The molecule has 4 nitrogen and oxygen atoms in total. The molecule has 4 N–H and O–H groups in total. The topological polar surface area (TPSA) is 66.7 Å². The lowest BCUT2D eigenvalue weighted by atomic mass is 10.2. The molecule has 0 aliphatic carbocycles. The van der Waals surface area contributed by atoms with Crippen LogP contribution in [-0.4, -0.2) is 10.2 Å². The van der Waals surface area contributed by atoms with E-state index in [1.54, 1.807) is 18.3 Å². The molecule has 0 bridgehead atoms. The Bertz CT molecular complexity index is 513. The number of nitrogens with two attached hydrogens (primary N) is 1. The number of anilines is 2. The quantitative estimate of drug-likeness (QED) is 0.751. The minimum Gasteiger partial charge on any atom is -0.399 e. The standard InChI is InChI=1S/C11H12Cl2N4/c1-6-7(5-16-17-6)4-15-11-9(12)2-8(14)3-10(11)13/h2-3,5,15H,4,14H2,1H3,(H,16,17). The van der Waals surface area contributed by atoms with Gasteiger partial charge in [-0.15, -0.1) is 0 Å². The molecule has 0 saturated carbocycles. The Labute approximate surface area is 109 Å². The second-order valence-electron chi connectivity index (χ2n) is 3.73. The third kappa shape index (κ3) is 2.65. The van der Waals surface area contributed by atoms with Crippen LogP contribution >= 0.6 is 23.2 Å². The summed E-state index contributed by atoms with van der Waals surface area (Å²) < 4.78 is 0. The average molecular weight is 271 g/mol. The van der Waals surface area contributed by atoms with E-state index in [2.05, 4.69) is 15.5 Å². The van der Waals surface area contributed by atoms with Crippen molar-refractivity contribution in [2.24, 2.45) is 0 Å². The van der Waals surface area contributed by atoms with Crippen molar-refractivity contribution in [1.82, 2.24) is 10.2 Å². The number of aryl methyl sites for hydroxylation is 1. The van der Waals surface area contributed by atoms with Crippen LogP contribution in [0.1, 0.15) is 11.3 Å². The van der Waals surface area contributed by atoms with Gasteiger partial charge in [-0.3, -0.25) is 5.10 Å². The highest BCUT2D eigenvalue weighted by Crippen LogP contribution is 2.33. The molecular weight excluding hydrogens is 259 g/mol. The summed E-state index contributed by atoms with van der Waals surface area (Å²) in [6.07, 6.45) is 1.77. The highest BCUT2D eigenvalue weighted by molar-refractivity contribution is 6.39. The van der Waals surface area contributed by atoms with Crippen molar-refractivity contribution in [3.8, 4) is 0 Å². The summed E-state index contributed by atoms with van der Waals surface area (Å²) in [6.45, 7) is 2.56. The Morgan fingerprint density at radius 2 is 2.00 bits per heavy atom. The molecule has 0 amide bonds. The Kier molecular flexibility index (Phi) is 3.45. The first-order valence-corrected chi connectivity index (χ1v) is 5.80. The van der Waals surface area contributed by atoms with Crippen LogP contribution in [0.5, 0.6) is 0 Å². The summed E-state index contributed by atoms with van der Waals surface area (Å²) in [5.74, 6) is 0. The van der Waals surface area contributed by atoms with Gasteiger partial charge in [0.25, 0.3) is 0 Å². The molecule has 0 radical (unpaired) electrons. The second-order valence-corrected chi connectivity index (χ2v) is 4.55. The molecular formula is C11H12Cl2N4. The lowest BCUT2D eigenvalue weighted by molar-refractivity contribution is 1.04. The molecule has 1 heterocycles. The number of H-pyrrole nitrogens is 1. The predicted octanol–water partition coefficient (Wildman–Crippen LogP) is 3.22. The van der Waals surface area contributed by atoms with Crippen molar-refractivity contribution < 1.29 is 0 Å². The predicted molar refractivity (Wildman–Crippen MR) is 71.5 cm³/mol. The smallest absolute Gasteiger partial charge is 0.0723 e. The van der Waals surface area contributed by atoms with E-state index in [0.29, 0.717) is 28.0 Å². The van der Waals surface area contributed by atoms with Crippen LogP contribution in [-0.2, 0) is 6.54 Å². The minimum atomic E-state index is 0.510. The first-order valence-electron chi connectivity index (χ1n) is 5.05. The minimum absolute atomic E-state index is 0.510. The van der Waals surface area contributed by atoms with Gasteiger partial charge in [0.2, 0.25) is 0 Å². The van der Waals surface area contributed by atoms with Crippen LogP contribution in [0.4, 0.5) is 11.4 Å². The molecule has 0 saturated heterocycles. The van der Waals surface area contributed by atoms with Crippen LogP contribution in [0.25, 0.3) is 0 Å². The number of nitrogen functional groups attached to an aromatic ring is 1. The van der Waals surface area contributed by atoms with Gasteiger partial charge < -0.3 is 11.1 Å². The fourth-order valence-electron chi connectivity index (χ4n) is 1.50. The maximum atomic E-state index is 6.06. The van der Waals surface area contributed by atoms with Gasteiger partial charge in [0.05, 0.1) is 21.9 Å². The number of halogens is 2. The molecule has 17 heavy (non-hydrogen) atoms. The molecule has 2 rings (SSSR count). The van der Waals surface area contributed by atoms with Crippen molar-refractivity contribution >= 4 is 34.6 Å². The third-order valence-corrected chi connectivity index (χ3v) is 3.05. The fourth-order valence-corrected chi connectivity index (χ4v) is 2.14.